The lowest BCUT2D eigenvalue weighted by molar-refractivity contribution is 0.102. The molecule has 130 valence electrons. The van der Waals surface area contributed by atoms with Crippen molar-refractivity contribution in [3.63, 3.8) is 0 Å². The summed E-state index contributed by atoms with van der Waals surface area (Å²) in [6.07, 6.45) is 0. The number of ether oxygens (including phenoxy) is 1. The lowest BCUT2D eigenvalue weighted by Crippen LogP contribution is -2.11. The molecule has 2 heterocycles. The first kappa shape index (κ1) is 16.8. The topological polar surface area (TPSA) is 51.2 Å². The highest BCUT2D eigenvalue weighted by Gasteiger charge is 2.14. The Morgan fingerprint density at radius 3 is 2.54 bits per heavy atom. The number of amides is 1. The first-order valence-corrected chi connectivity index (χ1v) is 9.74. The number of fused-ring (bicyclic) bond motifs is 1. The fourth-order valence-electron chi connectivity index (χ4n) is 2.67. The van der Waals surface area contributed by atoms with Crippen LogP contribution in [0.2, 0.25) is 0 Å². The summed E-state index contributed by atoms with van der Waals surface area (Å²) in [4.78, 5) is 19.1. The van der Waals surface area contributed by atoms with Crippen LogP contribution >= 0.6 is 22.7 Å². The number of para-hydroxylation sites is 1. The minimum Gasteiger partial charge on any atom is -0.457 e. The summed E-state index contributed by atoms with van der Waals surface area (Å²) >= 11 is 3.06. The van der Waals surface area contributed by atoms with E-state index in [1.807, 2.05) is 68.4 Å². The summed E-state index contributed by atoms with van der Waals surface area (Å²) < 4.78 is 6.82. The van der Waals surface area contributed by atoms with Gasteiger partial charge in [-0.3, -0.25) is 10.1 Å². The SMILES string of the molecule is Cc1cc(C(=O)Nc2nc3ccc(Oc4ccccc4)cc3s2)c(C)s1. The van der Waals surface area contributed by atoms with Gasteiger partial charge in [-0.15, -0.1) is 11.3 Å². The molecule has 2 aromatic carbocycles. The first-order valence-electron chi connectivity index (χ1n) is 8.10. The number of thiazole rings is 1. The number of aromatic nitrogens is 1. The molecule has 6 heteroatoms. The van der Waals surface area contributed by atoms with Gasteiger partial charge in [0.2, 0.25) is 0 Å². The van der Waals surface area contributed by atoms with E-state index in [1.54, 1.807) is 11.3 Å². The second kappa shape index (κ2) is 6.90. The van der Waals surface area contributed by atoms with Gasteiger partial charge in [-0.2, -0.15) is 0 Å². The fraction of sp³-hybridized carbons (Fsp3) is 0.100. The monoisotopic (exact) mass is 380 g/mol. The second-order valence-corrected chi connectivity index (χ2v) is 8.34. The van der Waals surface area contributed by atoms with Crippen LogP contribution in [0, 0.1) is 13.8 Å². The number of rotatable bonds is 4. The van der Waals surface area contributed by atoms with Crippen LogP contribution in [0.4, 0.5) is 5.13 Å². The van der Waals surface area contributed by atoms with Crippen LogP contribution < -0.4 is 10.1 Å². The van der Waals surface area contributed by atoms with Crippen molar-refractivity contribution in [1.29, 1.82) is 0 Å². The predicted octanol–water partition coefficient (Wildman–Crippen LogP) is 6.02. The molecule has 0 unspecified atom stereocenters. The van der Waals surface area contributed by atoms with E-state index in [-0.39, 0.29) is 5.91 Å². The summed E-state index contributed by atoms with van der Waals surface area (Å²) in [5, 5.41) is 3.49. The maximum Gasteiger partial charge on any atom is 0.258 e. The Labute approximate surface area is 159 Å². The highest BCUT2D eigenvalue weighted by molar-refractivity contribution is 7.22. The third-order valence-electron chi connectivity index (χ3n) is 3.84. The van der Waals surface area contributed by atoms with Gasteiger partial charge in [-0.05, 0) is 44.2 Å². The molecule has 0 atom stereocenters. The summed E-state index contributed by atoms with van der Waals surface area (Å²) in [5.74, 6) is 1.41. The van der Waals surface area contributed by atoms with Crippen LogP contribution in [-0.4, -0.2) is 10.9 Å². The number of carbonyl (C=O) groups is 1. The number of carbonyl (C=O) groups excluding carboxylic acids is 1. The molecule has 0 aliphatic carbocycles. The quantitative estimate of drug-likeness (QED) is 0.471. The van der Waals surface area contributed by atoms with Gasteiger partial charge < -0.3 is 4.74 Å². The molecular formula is C20H16N2O2S2. The molecule has 0 radical (unpaired) electrons. The van der Waals surface area contributed by atoms with Gasteiger partial charge in [0.05, 0.1) is 15.8 Å². The Hall–Kier alpha value is -2.70. The standard InChI is InChI=1S/C20H16N2O2S2/c1-12-10-16(13(2)25-12)19(23)22-20-21-17-9-8-15(11-18(17)26-20)24-14-6-4-3-5-7-14/h3-11H,1-2H3,(H,21,22,23). The van der Waals surface area contributed by atoms with Crippen LogP contribution in [0.25, 0.3) is 10.2 Å². The normalized spacial score (nSPS) is 10.8. The molecule has 0 saturated heterocycles. The number of anilines is 1. The predicted molar refractivity (Wildman–Crippen MR) is 108 cm³/mol. The molecule has 26 heavy (non-hydrogen) atoms. The van der Waals surface area contributed by atoms with Gasteiger partial charge in [0.1, 0.15) is 11.5 Å². The third kappa shape index (κ3) is 3.47. The molecule has 0 aliphatic heterocycles. The largest absolute Gasteiger partial charge is 0.457 e. The summed E-state index contributed by atoms with van der Waals surface area (Å²) in [6, 6.07) is 17.3. The van der Waals surface area contributed by atoms with Crippen LogP contribution in [0.15, 0.2) is 54.6 Å². The fourth-order valence-corrected chi connectivity index (χ4v) is 4.48. The van der Waals surface area contributed by atoms with Gasteiger partial charge >= 0.3 is 0 Å². The number of nitrogens with zero attached hydrogens (tertiary/aromatic N) is 1. The maximum atomic E-state index is 12.5. The molecule has 0 aliphatic rings. The first-order chi connectivity index (χ1) is 12.6. The van der Waals surface area contributed by atoms with Crippen LogP contribution in [0.5, 0.6) is 11.5 Å². The molecule has 0 fully saturated rings. The zero-order valence-electron chi connectivity index (χ0n) is 14.3. The van der Waals surface area contributed by atoms with Crippen molar-refractivity contribution in [3.8, 4) is 11.5 Å². The molecule has 1 N–H and O–H groups in total. The Kier molecular flexibility index (Phi) is 4.44. The van der Waals surface area contributed by atoms with Gasteiger partial charge in [-0.1, -0.05) is 29.5 Å². The van der Waals surface area contributed by atoms with Crippen molar-refractivity contribution >= 4 is 43.9 Å². The average Bonchev–Trinajstić information content (AvgIpc) is 3.17. The number of aryl methyl sites for hydroxylation is 2. The van der Waals surface area contributed by atoms with E-state index in [4.69, 9.17) is 4.74 Å². The van der Waals surface area contributed by atoms with Crippen LogP contribution in [0.1, 0.15) is 20.1 Å². The van der Waals surface area contributed by atoms with Crippen molar-refractivity contribution in [2.24, 2.45) is 0 Å². The lowest BCUT2D eigenvalue weighted by Gasteiger charge is -2.04. The number of thiophene rings is 1. The van der Waals surface area contributed by atoms with Crippen molar-refractivity contribution in [3.05, 3.63) is 69.9 Å². The summed E-state index contributed by atoms with van der Waals surface area (Å²) in [7, 11) is 0. The van der Waals surface area contributed by atoms with Crippen molar-refractivity contribution in [2.45, 2.75) is 13.8 Å². The van der Waals surface area contributed by atoms with Gasteiger partial charge in [0.15, 0.2) is 5.13 Å². The Morgan fingerprint density at radius 2 is 1.81 bits per heavy atom. The Bertz CT molecular complexity index is 1080. The average molecular weight is 380 g/mol. The number of hydrogen-bond acceptors (Lipinski definition) is 5. The number of benzene rings is 2. The lowest BCUT2D eigenvalue weighted by atomic mass is 10.2. The van der Waals surface area contributed by atoms with E-state index >= 15 is 0 Å². The zero-order chi connectivity index (χ0) is 18.1. The van der Waals surface area contributed by atoms with Crippen LogP contribution in [0.3, 0.4) is 0 Å². The van der Waals surface area contributed by atoms with E-state index < -0.39 is 0 Å². The molecule has 1 amide bonds. The Morgan fingerprint density at radius 1 is 1.00 bits per heavy atom. The smallest absolute Gasteiger partial charge is 0.258 e. The van der Waals surface area contributed by atoms with Crippen molar-refractivity contribution in [2.75, 3.05) is 5.32 Å². The molecule has 2 aromatic heterocycles. The zero-order valence-corrected chi connectivity index (χ0v) is 15.9. The van der Waals surface area contributed by atoms with E-state index in [1.165, 1.54) is 11.3 Å². The minimum absolute atomic E-state index is 0.119. The highest BCUT2D eigenvalue weighted by Crippen LogP contribution is 2.32. The molecule has 4 rings (SSSR count). The molecule has 0 spiro atoms. The number of nitrogens with one attached hydrogen (secondary N) is 1. The molecule has 4 aromatic rings. The number of hydrogen-bond donors (Lipinski definition) is 1. The van der Waals surface area contributed by atoms with E-state index in [9.17, 15) is 4.79 Å². The highest BCUT2D eigenvalue weighted by atomic mass is 32.1. The minimum atomic E-state index is -0.119. The van der Waals surface area contributed by atoms with E-state index in [0.717, 1.165) is 31.5 Å². The Balaban J connectivity index is 1.56. The van der Waals surface area contributed by atoms with E-state index in [0.29, 0.717) is 10.7 Å². The van der Waals surface area contributed by atoms with Crippen LogP contribution in [-0.2, 0) is 0 Å². The van der Waals surface area contributed by atoms with Gasteiger partial charge in [0, 0.05) is 15.8 Å². The van der Waals surface area contributed by atoms with Gasteiger partial charge in [-0.25, -0.2) is 4.98 Å². The summed E-state index contributed by atoms with van der Waals surface area (Å²) in [5.41, 5.74) is 1.55. The maximum absolute atomic E-state index is 12.5. The second-order valence-electron chi connectivity index (χ2n) is 5.84. The molecular weight excluding hydrogens is 364 g/mol. The summed E-state index contributed by atoms with van der Waals surface area (Å²) in [6.45, 7) is 3.96. The van der Waals surface area contributed by atoms with Crippen molar-refractivity contribution in [1.82, 2.24) is 4.98 Å². The third-order valence-corrected chi connectivity index (χ3v) is 5.74. The molecule has 4 nitrogen and oxygen atoms in total. The molecule has 0 saturated carbocycles. The van der Waals surface area contributed by atoms with E-state index in [2.05, 4.69) is 10.3 Å². The molecule has 0 bridgehead atoms. The van der Waals surface area contributed by atoms with Crippen molar-refractivity contribution < 1.29 is 9.53 Å². The van der Waals surface area contributed by atoms with Gasteiger partial charge in [0.25, 0.3) is 5.91 Å².